The van der Waals surface area contributed by atoms with Crippen molar-refractivity contribution in [1.29, 1.82) is 0 Å². The molecule has 0 spiro atoms. The first-order valence-corrected chi connectivity index (χ1v) is 5.27. The Labute approximate surface area is 81.7 Å². The van der Waals surface area contributed by atoms with Crippen LogP contribution in [0.1, 0.15) is 5.01 Å². The molecule has 0 radical (unpaired) electrons. The second-order valence-electron chi connectivity index (χ2n) is 3.22. The summed E-state index contributed by atoms with van der Waals surface area (Å²) in [4.78, 5) is 4.24. The van der Waals surface area contributed by atoms with Gasteiger partial charge in [0.2, 0.25) is 0 Å². The molecule has 0 aliphatic carbocycles. The van der Waals surface area contributed by atoms with E-state index in [1.807, 2.05) is 11.6 Å². The lowest BCUT2D eigenvalue weighted by Gasteiger charge is -2.18. The average Bonchev–Trinajstić information content (AvgIpc) is 2.57. The van der Waals surface area contributed by atoms with E-state index in [4.69, 9.17) is 5.73 Å². The van der Waals surface area contributed by atoms with Crippen LogP contribution in [0.4, 0.5) is 0 Å². The molecule has 3 N–H and O–H groups in total. The number of rotatable bonds is 2. The Morgan fingerprint density at radius 3 is 3.31 bits per heavy atom. The first-order chi connectivity index (χ1) is 6.34. The summed E-state index contributed by atoms with van der Waals surface area (Å²) >= 11 is 1.70. The summed E-state index contributed by atoms with van der Waals surface area (Å²) in [6, 6.07) is 0.170. The van der Waals surface area contributed by atoms with Crippen LogP contribution in [0.3, 0.4) is 0 Å². The topological polar surface area (TPSA) is 50.9 Å². The van der Waals surface area contributed by atoms with Gasteiger partial charge in [-0.15, -0.1) is 11.3 Å². The average molecular weight is 195 g/mol. The van der Waals surface area contributed by atoms with E-state index in [-0.39, 0.29) is 6.04 Å². The Bertz CT molecular complexity index is 292. The second-order valence-corrected chi connectivity index (χ2v) is 4.20. The first-order valence-electron chi connectivity index (χ1n) is 4.39. The number of nitrogens with zero attached hydrogens (tertiary/aromatic N) is 1. The van der Waals surface area contributed by atoms with Crippen molar-refractivity contribution in [1.82, 2.24) is 10.3 Å². The molecular formula is C9H13N3S. The predicted molar refractivity (Wildman–Crippen MR) is 54.7 cm³/mol. The van der Waals surface area contributed by atoms with Gasteiger partial charge in [0.05, 0.1) is 5.01 Å². The fraction of sp³-hybridized carbons (Fsp3) is 0.444. The fourth-order valence-corrected chi connectivity index (χ4v) is 2.15. The van der Waals surface area contributed by atoms with E-state index in [2.05, 4.69) is 16.4 Å². The molecule has 0 aromatic carbocycles. The lowest BCUT2D eigenvalue weighted by atomic mass is 10.1. The van der Waals surface area contributed by atoms with E-state index in [0.29, 0.717) is 0 Å². The largest absolute Gasteiger partial charge is 0.323 e. The Kier molecular flexibility index (Phi) is 2.73. The smallest absolute Gasteiger partial charge is 0.0965 e. The maximum atomic E-state index is 5.80. The molecule has 1 aliphatic rings. The molecule has 0 saturated carbocycles. The molecule has 2 heterocycles. The van der Waals surface area contributed by atoms with Gasteiger partial charge in [-0.3, -0.25) is 0 Å². The maximum Gasteiger partial charge on any atom is 0.0965 e. The minimum absolute atomic E-state index is 0.170. The van der Waals surface area contributed by atoms with Crippen LogP contribution in [0.25, 0.3) is 0 Å². The molecule has 3 nitrogen and oxygen atoms in total. The van der Waals surface area contributed by atoms with Gasteiger partial charge >= 0.3 is 0 Å². The Morgan fingerprint density at radius 2 is 2.62 bits per heavy atom. The highest BCUT2D eigenvalue weighted by Crippen LogP contribution is 2.12. The van der Waals surface area contributed by atoms with Gasteiger partial charge in [0, 0.05) is 37.1 Å². The number of nitrogens with one attached hydrogen (secondary N) is 1. The SMILES string of the molecule is NC1C=C(Cc2nccs2)CNC1. The van der Waals surface area contributed by atoms with E-state index in [0.717, 1.165) is 19.5 Å². The Morgan fingerprint density at radius 1 is 1.69 bits per heavy atom. The quantitative estimate of drug-likeness (QED) is 0.677. The third-order valence-electron chi connectivity index (χ3n) is 2.04. The molecule has 0 fully saturated rings. The van der Waals surface area contributed by atoms with Crippen molar-refractivity contribution in [3.05, 3.63) is 28.2 Å². The number of nitrogens with two attached hydrogens (primary N) is 1. The van der Waals surface area contributed by atoms with Gasteiger partial charge in [0.15, 0.2) is 0 Å². The van der Waals surface area contributed by atoms with Gasteiger partial charge in [-0.1, -0.05) is 11.6 Å². The van der Waals surface area contributed by atoms with Crippen molar-refractivity contribution in [3.8, 4) is 0 Å². The van der Waals surface area contributed by atoms with Crippen LogP contribution in [0, 0.1) is 0 Å². The monoisotopic (exact) mass is 195 g/mol. The standard InChI is InChI=1S/C9H13N3S/c10-8-3-7(5-11-6-8)4-9-12-1-2-13-9/h1-3,8,11H,4-6,10H2. The zero-order chi connectivity index (χ0) is 9.10. The summed E-state index contributed by atoms with van der Waals surface area (Å²) in [6.07, 6.45) is 4.94. The summed E-state index contributed by atoms with van der Waals surface area (Å²) in [7, 11) is 0. The van der Waals surface area contributed by atoms with Crippen LogP contribution in [0.15, 0.2) is 23.2 Å². The van der Waals surface area contributed by atoms with Crippen LogP contribution >= 0.6 is 11.3 Å². The highest BCUT2D eigenvalue weighted by molar-refractivity contribution is 7.09. The summed E-state index contributed by atoms with van der Waals surface area (Å²) < 4.78 is 0. The first kappa shape index (κ1) is 8.87. The Hall–Kier alpha value is -0.710. The van der Waals surface area contributed by atoms with Crippen molar-refractivity contribution in [2.45, 2.75) is 12.5 Å². The van der Waals surface area contributed by atoms with Crippen LogP contribution in [0.2, 0.25) is 0 Å². The molecule has 13 heavy (non-hydrogen) atoms. The Balaban J connectivity index is 2.02. The van der Waals surface area contributed by atoms with Crippen molar-refractivity contribution in [3.63, 3.8) is 0 Å². The van der Waals surface area contributed by atoms with E-state index in [9.17, 15) is 0 Å². The van der Waals surface area contributed by atoms with Crippen molar-refractivity contribution in [2.75, 3.05) is 13.1 Å². The van der Waals surface area contributed by atoms with Crippen molar-refractivity contribution in [2.24, 2.45) is 5.73 Å². The molecule has 4 heteroatoms. The fourth-order valence-electron chi connectivity index (χ4n) is 1.48. The van der Waals surface area contributed by atoms with Crippen LogP contribution in [0.5, 0.6) is 0 Å². The van der Waals surface area contributed by atoms with Gasteiger partial charge in [-0.2, -0.15) is 0 Å². The second kappa shape index (κ2) is 4.00. The van der Waals surface area contributed by atoms with Crippen molar-refractivity contribution >= 4 is 11.3 Å². The van der Waals surface area contributed by atoms with Gasteiger partial charge in [-0.05, 0) is 0 Å². The molecule has 0 bridgehead atoms. The van der Waals surface area contributed by atoms with E-state index in [1.165, 1.54) is 10.6 Å². The molecule has 1 aromatic heterocycles. The molecule has 1 atom stereocenters. The summed E-state index contributed by atoms with van der Waals surface area (Å²) in [5.41, 5.74) is 7.15. The van der Waals surface area contributed by atoms with E-state index >= 15 is 0 Å². The van der Waals surface area contributed by atoms with Crippen LogP contribution < -0.4 is 11.1 Å². The molecule has 0 amide bonds. The maximum absolute atomic E-state index is 5.80. The third kappa shape index (κ3) is 2.37. The summed E-state index contributed by atoms with van der Waals surface area (Å²) in [5.74, 6) is 0. The molecule has 1 aromatic rings. The molecule has 1 aliphatic heterocycles. The van der Waals surface area contributed by atoms with E-state index in [1.54, 1.807) is 11.3 Å². The summed E-state index contributed by atoms with van der Waals surface area (Å²) in [6.45, 7) is 1.84. The minimum atomic E-state index is 0.170. The number of hydrogen-bond acceptors (Lipinski definition) is 4. The number of hydrogen-bond donors (Lipinski definition) is 2. The zero-order valence-corrected chi connectivity index (χ0v) is 8.18. The summed E-state index contributed by atoms with van der Waals surface area (Å²) in [5, 5.41) is 6.46. The molecule has 2 rings (SSSR count). The van der Waals surface area contributed by atoms with Gasteiger partial charge in [0.25, 0.3) is 0 Å². The highest BCUT2D eigenvalue weighted by atomic mass is 32.1. The van der Waals surface area contributed by atoms with Gasteiger partial charge in [-0.25, -0.2) is 4.98 Å². The van der Waals surface area contributed by atoms with Crippen molar-refractivity contribution < 1.29 is 0 Å². The molecule has 0 saturated heterocycles. The van der Waals surface area contributed by atoms with Gasteiger partial charge < -0.3 is 11.1 Å². The normalized spacial score (nSPS) is 22.8. The predicted octanol–water partition coefficient (Wildman–Crippen LogP) is 0.542. The number of thiazole rings is 1. The molecule has 1 unspecified atom stereocenters. The third-order valence-corrected chi connectivity index (χ3v) is 2.82. The lowest BCUT2D eigenvalue weighted by molar-refractivity contribution is 0.627. The lowest BCUT2D eigenvalue weighted by Crippen LogP contribution is -2.38. The minimum Gasteiger partial charge on any atom is -0.323 e. The molecule has 70 valence electrons. The van der Waals surface area contributed by atoms with Crippen LogP contribution in [-0.4, -0.2) is 24.1 Å². The highest BCUT2D eigenvalue weighted by Gasteiger charge is 2.09. The van der Waals surface area contributed by atoms with E-state index < -0.39 is 0 Å². The zero-order valence-electron chi connectivity index (χ0n) is 7.36. The molecular weight excluding hydrogens is 182 g/mol. The van der Waals surface area contributed by atoms with Gasteiger partial charge in [0.1, 0.15) is 0 Å². The number of aromatic nitrogens is 1. The van der Waals surface area contributed by atoms with Crippen LogP contribution in [-0.2, 0) is 6.42 Å².